The lowest BCUT2D eigenvalue weighted by molar-refractivity contribution is -0.143. The number of thioether (sulfide) groups is 1. The van der Waals surface area contributed by atoms with E-state index in [9.17, 15) is 34.2 Å². The summed E-state index contributed by atoms with van der Waals surface area (Å²) >= 11 is 1.39. The number of aliphatic hydroxyl groups is 2. The number of carboxylic acids is 1. The van der Waals surface area contributed by atoms with Crippen molar-refractivity contribution in [1.82, 2.24) is 21.3 Å². The number of rotatable bonds is 16. The highest BCUT2D eigenvalue weighted by atomic mass is 32.2. The van der Waals surface area contributed by atoms with Crippen LogP contribution < -0.4 is 27.0 Å². The Morgan fingerprint density at radius 1 is 0.947 bits per heavy atom. The second-order valence-electron chi connectivity index (χ2n) is 8.40. The molecule has 1 rings (SSSR count). The molecule has 0 saturated heterocycles. The van der Waals surface area contributed by atoms with E-state index < -0.39 is 73.0 Å². The number of carbonyl (C=O) groups excluding carboxylic acids is 4. The Kier molecular flexibility index (Phi) is 14.1. The molecule has 38 heavy (non-hydrogen) atoms. The molecule has 1 aromatic rings. The fourth-order valence-corrected chi connectivity index (χ4v) is 3.53. The Balaban J connectivity index is 2.88. The van der Waals surface area contributed by atoms with Gasteiger partial charge in [-0.15, -0.1) is 0 Å². The van der Waals surface area contributed by atoms with Crippen LogP contribution in [0.15, 0.2) is 24.3 Å². The molecule has 0 aliphatic carbocycles. The van der Waals surface area contributed by atoms with Crippen molar-refractivity contribution in [2.24, 2.45) is 5.73 Å². The van der Waals surface area contributed by atoms with Gasteiger partial charge in [0.2, 0.25) is 23.6 Å². The molecule has 14 nitrogen and oxygen atoms in total. The molecule has 0 bridgehead atoms. The van der Waals surface area contributed by atoms with Gasteiger partial charge >= 0.3 is 5.97 Å². The number of aromatic hydroxyl groups is 1. The fourth-order valence-electron chi connectivity index (χ4n) is 3.06. The second kappa shape index (κ2) is 16.4. The first-order valence-electron chi connectivity index (χ1n) is 11.6. The molecule has 0 fully saturated rings. The smallest absolute Gasteiger partial charge is 0.328 e. The zero-order valence-corrected chi connectivity index (χ0v) is 21.9. The topological polar surface area (TPSA) is 240 Å². The van der Waals surface area contributed by atoms with Crippen molar-refractivity contribution in [3.05, 3.63) is 29.8 Å². The molecule has 0 unspecified atom stereocenters. The summed E-state index contributed by atoms with van der Waals surface area (Å²) in [5.74, 6) is -4.12. The van der Waals surface area contributed by atoms with Crippen molar-refractivity contribution in [1.29, 1.82) is 0 Å². The molecule has 0 aliphatic rings. The van der Waals surface area contributed by atoms with Crippen molar-refractivity contribution in [2.45, 2.75) is 50.0 Å². The van der Waals surface area contributed by atoms with Crippen LogP contribution in [0.4, 0.5) is 0 Å². The molecule has 4 amide bonds. The van der Waals surface area contributed by atoms with Crippen molar-refractivity contribution >= 4 is 41.4 Å². The van der Waals surface area contributed by atoms with Crippen molar-refractivity contribution in [3.63, 3.8) is 0 Å². The summed E-state index contributed by atoms with van der Waals surface area (Å²) in [6, 6.07) is 0.687. The Morgan fingerprint density at radius 2 is 1.55 bits per heavy atom. The first-order valence-corrected chi connectivity index (χ1v) is 13.0. The van der Waals surface area contributed by atoms with Gasteiger partial charge in [-0.2, -0.15) is 11.8 Å². The lowest BCUT2D eigenvalue weighted by Gasteiger charge is -2.23. The molecule has 1 aromatic carbocycles. The number of carboxylic acid groups (broad SMARTS) is 1. The number of hydrogen-bond donors (Lipinski definition) is 9. The van der Waals surface area contributed by atoms with E-state index in [0.717, 1.165) is 0 Å². The van der Waals surface area contributed by atoms with Crippen molar-refractivity contribution < 1.29 is 44.4 Å². The maximum absolute atomic E-state index is 12.9. The number of aliphatic carboxylic acids is 1. The van der Waals surface area contributed by atoms with Gasteiger partial charge in [0.25, 0.3) is 0 Å². The average Bonchev–Trinajstić information content (AvgIpc) is 2.87. The average molecular weight is 558 g/mol. The predicted molar refractivity (Wildman–Crippen MR) is 138 cm³/mol. The van der Waals surface area contributed by atoms with Gasteiger partial charge < -0.3 is 47.4 Å². The largest absolute Gasteiger partial charge is 0.508 e. The maximum Gasteiger partial charge on any atom is 0.328 e. The molecule has 0 heterocycles. The Hall–Kier alpha value is -3.40. The first-order chi connectivity index (χ1) is 17.9. The van der Waals surface area contributed by atoms with Gasteiger partial charge in [-0.05, 0) is 43.0 Å². The third-order valence-electron chi connectivity index (χ3n) is 5.31. The van der Waals surface area contributed by atoms with Gasteiger partial charge in [-0.3, -0.25) is 19.2 Å². The normalized spacial score (nSPS) is 14.8. The highest BCUT2D eigenvalue weighted by molar-refractivity contribution is 7.98. The van der Waals surface area contributed by atoms with Gasteiger partial charge in [0.05, 0.1) is 19.3 Å². The summed E-state index contributed by atoms with van der Waals surface area (Å²) < 4.78 is 0. The minimum atomic E-state index is -1.55. The summed E-state index contributed by atoms with van der Waals surface area (Å²) in [4.78, 5) is 61.3. The van der Waals surface area contributed by atoms with E-state index in [1.165, 1.54) is 43.0 Å². The molecule has 0 radical (unpaired) electrons. The van der Waals surface area contributed by atoms with E-state index in [4.69, 9.17) is 15.9 Å². The van der Waals surface area contributed by atoms with Crippen LogP contribution in [0.3, 0.4) is 0 Å². The maximum atomic E-state index is 12.9. The van der Waals surface area contributed by atoms with Gasteiger partial charge in [-0.25, -0.2) is 4.79 Å². The number of nitrogens with one attached hydrogen (secondary N) is 4. The van der Waals surface area contributed by atoms with E-state index in [0.29, 0.717) is 11.3 Å². The van der Waals surface area contributed by atoms with Crippen LogP contribution in [0.1, 0.15) is 18.9 Å². The molecule has 0 saturated carbocycles. The number of carbonyl (C=O) groups is 5. The predicted octanol–water partition coefficient (Wildman–Crippen LogP) is -2.96. The molecule has 10 N–H and O–H groups in total. The number of benzene rings is 1. The van der Waals surface area contributed by atoms with Crippen molar-refractivity contribution in [3.8, 4) is 5.75 Å². The summed E-state index contributed by atoms with van der Waals surface area (Å²) in [7, 11) is 0. The third-order valence-corrected chi connectivity index (χ3v) is 5.96. The molecule has 0 aromatic heterocycles. The van der Waals surface area contributed by atoms with Crippen LogP contribution in [-0.4, -0.2) is 105 Å². The summed E-state index contributed by atoms with van der Waals surface area (Å²) in [5.41, 5.74) is 6.22. The summed E-state index contributed by atoms with van der Waals surface area (Å²) in [6.07, 6.45) is 0.717. The lowest BCUT2D eigenvalue weighted by Crippen LogP contribution is -2.57. The molecule has 0 aliphatic heterocycles. The quantitative estimate of drug-likeness (QED) is 0.0994. The molecule has 5 atom stereocenters. The number of aliphatic hydroxyl groups excluding tert-OH is 2. The minimum absolute atomic E-state index is 0.000291. The molecular formula is C23H35N5O9S. The summed E-state index contributed by atoms with van der Waals surface area (Å²) in [5, 5.41) is 46.6. The van der Waals surface area contributed by atoms with Crippen molar-refractivity contribution in [2.75, 3.05) is 25.2 Å². The number of nitrogens with two attached hydrogens (primary N) is 1. The van der Waals surface area contributed by atoms with Gasteiger partial charge in [-0.1, -0.05) is 12.1 Å². The van der Waals surface area contributed by atoms with Crippen LogP contribution in [-0.2, 0) is 30.4 Å². The second-order valence-corrected chi connectivity index (χ2v) is 9.39. The van der Waals surface area contributed by atoms with E-state index in [-0.39, 0.29) is 18.6 Å². The van der Waals surface area contributed by atoms with Crippen LogP contribution in [0, 0.1) is 0 Å². The Bertz CT molecular complexity index is 961. The Labute approximate surface area is 223 Å². The van der Waals surface area contributed by atoms with Crippen LogP contribution >= 0.6 is 11.8 Å². The highest BCUT2D eigenvalue weighted by Crippen LogP contribution is 2.12. The Morgan fingerprint density at radius 3 is 2.08 bits per heavy atom. The molecule has 212 valence electrons. The number of hydrogen-bond acceptors (Lipinski definition) is 10. The molecule has 15 heteroatoms. The van der Waals surface area contributed by atoms with Crippen LogP contribution in [0.2, 0.25) is 0 Å². The first kappa shape index (κ1) is 32.6. The van der Waals surface area contributed by atoms with Gasteiger partial charge in [0, 0.05) is 6.42 Å². The number of phenols is 1. The zero-order valence-electron chi connectivity index (χ0n) is 21.0. The standard InChI is InChI=1S/C23H35N5O9S/c1-12(30)19(24)22(35)27-16(9-13-3-5-14(31)6-4-13)20(33)25-10-18(32)26-15(7-8-38-2)21(34)28-17(11-29)23(36)37/h3-6,12,15-17,19,29-31H,7-11,24H2,1-2H3,(H,25,33)(H,26,32)(H,27,35)(H,28,34)(H,36,37)/t12-,15+,16+,17+,19+/m1/s1. The highest BCUT2D eigenvalue weighted by Gasteiger charge is 2.28. The third kappa shape index (κ3) is 11.3. The minimum Gasteiger partial charge on any atom is -0.508 e. The fraction of sp³-hybridized carbons (Fsp3) is 0.522. The monoisotopic (exact) mass is 557 g/mol. The lowest BCUT2D eigenvalue weighted by atomic mass is 10.0. The number of amides is 4. The van der Waals surface area contributed by atoms with E-state index >= 15 is 0 Å². The van der Waals surface area contributed by atoms with Crippen LogP contribution in [0.25, 0.3) is 0 Å². The van der Waals surface area contributed by atoms with Gasteiger partial charge in [0.15, 0.2) is 0 Å². The summed E-state index contributed by atoms with van der Waals surface area (Å²) in [6.45, 7) is -0.103. The number of phenolic OH excluding ortho intramolecular Hbond substituents is 1. The SMILES string of the molecule is CSCC[C@H](NC(=O)CNC(=O)[C@H](Cc1ccc(O)cc1)NC(=O)[C@@H](N)[C@@H](C)O)C(=O)N[C@@H](CO)C(=O)O. The van der Waals surface area contributed by atoms with Crippen LogP contribution in [0.5, 0.6) is 5.75 Å². The van der Waals surface area contributed by atoms with E-state index in [1.54, 1.807) is 6.26 Å². The van der Waals surface area contributed by atoms with Gasteiger partial charge in [0.1, 0.15) is 29.9 Å². The molecule has 0 spiro atoms. The van der Waals surface area contributed by atoms with E-state index in [2.05, 4.69) is 21.3 Å². The van der Waals surface area contributed by atoms with E-state index in [1.807, 2.05) is 0 Å². The molecular weight excluding hydrogens is 522 g/mol. The zero-order chi connectivity index (χ0) is 28.8.